The van der Waals surface area contributed by atoms with Crippen molar-refractivity contribution in [2.45, 2.75) is 38.0 Å². The molecule has 1 atom stereocenters. The van der Waals surface area contributed by atoms with Crippen LogP contribution < -0.4 is 10.5 Å². The molecule has 0 aliphatic heterocycles. The monoisotopic (exact) mass is 404 g/mol. The molecule has 0 saturated carbocycles. The van der Waals surface area contributed by atoms with Crippen molar-refractivity contribution in [1.82, 2.24) is 0 Å². The number of carbonyl (C=O) groups is 2. The number of carboxylic acid groups (broad SMARTS) is 1. The van der Waals surface area contributed by atoms with E-state index in [4.69, 9.17) is 5.14 Å². The van der Waals surface area contributed by atoms with Crippen molar-refractivity contribution in [1.29, 1.82) is 0 Å². The van der Waals surface area contributed by atoms with Gasteiger partial charge in [-0.05, 0) is 60.7 Å². The Morgan fingerprint density at radius 1 is 1.07 bits per heavy atom. The second kappa shape index (κ2) is 8.53. The first kappa shape index (κ1) is 21.6. The van der Waals surface area contributed by atoms with Gasteiger partial charge in [0.1, 0.15) is 0 Å². The summed E-state index contributed by atoms with van der Waals surface area (Å²) in [6.45, 7) is 5.67. The lowest BCUT2D eigenvalue weighted by atomic mass is 9.95. The second-order valence-corrected chi connectivity index (χ2v) is 8.66. The van der Waals surface area contributed by atoms with Crippen LogP contribution in [0.15, 0.2) is 47.4 Å². The van der Waals surface area contributed by atoms with E-state index in [0.717, 1.165) is 5.56 Å². The van der Waals surface area contributed by atoms with Gasteiger partial charge >= 0.3 is 5.97 Å². The fourth-order valence-corrected chi connectivity index (χ4v) is 3.25. The first-order chi connectivity index (χ1) is 13.0. The summed E-state index contributed by atoms with van der Waals surface area (Å²) in [5.41, 5.74) is 2.28. The highest BCUT2D eigenvalue weighted by Crippen LogP contribution is 2.26. The van der Waals surface area contributed by atoms with E-state index in [-0.39, 0.29) is 10.5 Å². The third-order valence-electron chi connectivity index (χ3n) is 4.33. The molecule has 1 unspecified atom stereocenters. The van der Waals surface area contributed by atoms with Crippen molar-refractivity contribution in [3.63, 3.8) is 0 Å². The Balaban J connectivity index is 2.34. The number of nitrogens with one attached hydrogen (secondary N) is 1. The van der Waals surface area contributed by atoms with E-state index in [9.17, 15) is 23.1 Å². The number of carbonyl (C=O) groups excluding carboxylic acids is 1. The number of hydrogen-bond acceptors (Lipinski definition) is 4. The molecule has 0 radical (unpaired) electrons. The quantitative estimate of drug-likeness (QED) is 0.654. The van der Waals surface area contributed by atoms with Crippen LogP contribution in [0.2, 0.25) is 0 Å². The van der Waals surface area contributed by atoms with Crippen molar-refractivity contribution in [2.75, 3.05) is 5.32 Å². The van der Waals surface area contributed by atoms with Crippen molar-refractivity contribution >= 4 is 27.6 Å². The number of aliphatic carboxylic acids is 1. The first-order valence-corrected chi connectivity index (χ1v) is 10.3. The van der Waals surface area contributed by atoms with Gasteiger partial charge < -0.3 is 10.4 Å². The minimum atomic E-state index is -3.83. The van der Waals surface area contributed by atoms with Crippen LogP contribution in [-0.4, -0.2) is 25.4 Å². The molecule has 2 aromatic rings. The number of rotatable bonds is 7. The maximum absolute atomic E-state index is 12.6. The lowest BCUT2D eigenvalue weighted by Gasteiger charge is -2.16. The predicted octanol–water partition coefficient (Wildman–Crippen LogP) is 2.97. The highest BCUT2D eigenvalue weighted by atomic mass is 32.2. The van der Waals surface area contributed by atoms with Gasteiger partial charge in [0.15, 0.2) is 0 Å². The minimum Gasteiger partial charge on any atom is -0.481 e. The van der Waals surface area contributed by atoms with E-state index in [1.165, 1.54) is 24.3 Å². The van der Waals surface area contributed by atoms with Crippen LogP contribution >= 0.6 is 0 Å². The Bertz CT molecular complexity index is 982. The molecule has 0 aliphatic carbocycles. The van der Waals surface area contributed by atoms with Crippen LogP contribution in [0.1, 0.15) is 48.2 Å². The van der Waals surface area contributed by atoms with E-state index in [1.807, 2.05) is 19.9 Å². The summed E-state index contributed by atoms with van der Waals surface area (Å²) in [6, 6.07) is 10.5. The Morgan fingerprint density at radius 2 is 1.68 bits per heavy atom. The third-order valence-corrected chi connectivity index (χ3v) is 5.25. The Labute approximate surface area is 164 Å². The van der Waals surface area contributed by atoms with Gasteiger partial charge in [-0.1, -0.05) is 26.0 Å². The number of hydrogen-bond donors (Lipinski definition) is 3. The van der Waals surface area contributed by atoms with Crippen LogP contribution in [0, 0.1) is 5.92 Å². The fourth-order valence-electron chi connectivity index (χ4n) is 2.73. The van der Waals surface area contributed by atoms with Crippen LogP contribution in [-0.2, 0) is 21.2 Å². The fraction of sp³-hybridized carbons (Fsp3) is 0.300. The van der Waals surface area contributed by atoms with Crippen molar-refractivity contribution in [3.8, 4) is 0 Å². The van der Waals surface area contributed by atoms with Crippen LogP contribution in [0.4, 0.5) is 5.69 Å². The number of amides is 1. The van der Waals surface area contributed by atoms with Crippen molar-refractivity contribution < 1.29 is 23.1 Å². The van der Waals surface area contributed by atoms with Gasteiger partial charge in [-0.15, -0.1) is 0 Å². The van der Waals surface area contributed by atoms with E-state index in [2.05, 4.69) is 5.32 Å². The van der Waals surface area contributed by atoms with Gasteiger partial charge in [0, 0.05) is 11.3 Å². The lowest BCUT2D eigenvalue weighted by molar-refractivity contribution is -0.138. The number of carboxylic acids is 1. The highest BCUT2D eigenvalue weighted by molar-refractivity contribution is 7.89. The molecule has 7 nitrogen and oxygen atoms in total. The molecule has 0 fully saturated rings. The van der Waals surface area contributed by atoms with Crippen LogP contribution in [0.5, 0.6) is 0 Å². The van der Waals surface area contributed by atoms with Gasteiger partial charge in [-0.2, -0.15) is 0 Å². The Hall–Kier alpha value is -2.71. The molecule has 2 rings (SSSR count). The molecule has 0 aromatic heterocycles. The van der Waals surface area contributed by atoms with Crippen molar-refractivity contribution in [2.24, 2.45) is 11.1 Å². The number of benzene rings is 2. The van der Waals surface area contributed by atoms with Crippen LogP contribution in [0.3, 0.4) is 0 Å². The molecule has 28 heavy (non-hydrogen) atoms. The SMILES string of the molecule is CC(C)Cc1ccc(C(C)C(=O)O)cc1NC(=O)c1ccc(S(N)(=O)=O)cc1. The average Bonchev–Trinajstić information content (AvgIpc) is 2.61. The Kier molecular flexibility index (Phi) is 6.58. The van der Waals surface area contributed by atoms with Gasteiger partial charge in [-0.25, -0.2) is 13.6 Å². The van der Waals surface area contributed by atoms with Gasteiger partial charge in [0.2, 0.25) is 10.0 Å². The molecule has 1 amide bonds. The van der Waals surface area contributed by atoms with Gasteiger partial charge in [0.25, 0.3) is 5.91 Å². The molecule has 4 N–H and O–H groups in total. The summed E-state index contributed by atoms with van der Waals surface area (Å²) in [4.78, 5) is 23.8. The topological polar surface area (TPSA) is 127 Å². The minimum absolute atomic E-state index is 0.0816. The molecule has 150 valence electrons. The lowest BCUT2D eigenvalue weighted by Crippen LogP contribution is -2.16. The summed E-state index contributed by atoms with van der Waals surface area (Å²) < 4.78 is 22.7. The predicted molar refractivity (Wildman–Crippen MR) is 107 cm³/mol. The standard InChI is InChI=1S/C20H24N2O5S/c1-12(2)10-16-5-4-15(13(3)20(24)25)11-18(16)22-19(23)14-6-8-17(9-7-14)28(21,26)27/h4-9,11-13H,10H2,1-3H3,(H,22,23)(H,24,25)(H2,21,26,27). The van der Waals surface area contributed by atoms with E-state index in [1.54, 1.807) is 19.1 Å². The molecule has 8 heteroatoms. The summed E-state index contributed by atoms with van der Waals surface area (Å²) >= 11 is 0. The molecular weight excluding hydrogens is 380 g/mol. The molecule has 0 heterocycles. The summed E-state index contributed by atoms with van der Waals surface area (Å²) in [5, 5.41) is 17.1. The largest absolute Gasteiger partial charge is 0.481 e. The average molecular weight is 404 g/mol. The number of primary sulfonamides is 1. The summed E-state index contributed by atoms with van der Waals surface area (Å²) in [7, 11) is -3.83. The molecule has 0 aliphatic rings. The number of anilines is 1. The maximum Gasteiger partial charge on any atom is 0.310 e. The zero-order valence-electron chi connectivity index (χ0n) is 16.0. The van der Waals surface area contributed by atoms with E-state index < -0.39 is 27.8 Å². The highest BCUT2D eigenvalue weighted by Gasteiger charge is 2.18. The summed E-state index contributed by atoms with van der Waals surface area (Å²) in [6.07, 6.45) is 0.710. The molecule has 0 saturated heterocycles. The summed E-state index contributed by atoms with van der Waals surface area (Å²) in [5.74, 6) is -1.75. The van der Waals surface area contributed by atoms with Crippen LogP contribution in [0.25, 0.3) is 0 Å². The van der Waals surface area contributed by atoms with Crippen molar-refractivity contribution in [3.05, 3.63) is 59.2 Å². The zero-order chi connectivity index (χ0) is 21.1. The van der Waals surface area contributed by atoms with E-state index in [0.29, 0.717) is 23.6 Å². The first-order valence-electron chi connectivity index (χ1n) is 8.79. The second-order valence-electron chi connectivity index (χ2n) is 7.10. The van der Waals surface area contributed by atoms with E-state index >= 15 is 0 Å². The molecular formula is C20H24N2O5S. The molecule has 0 bridgehead atoms. The number of nitrogens with two attached hydrogens (primary N) is 1. The maximum atomic E-state index is 12.6. The van der Waals surface area contributed by atoms with Gasteiger partial charge in [-0.3, -0.25) is 9.59 Å². The third kappa shape index (κ3) is 5.40. The number of sulfonamides is 1. The smallest absolute Gasteiger partial charge is 0.310 e. The van der Waals surface area contributed by atoms with Gasteiger partial charge in [0.05, 0.1) is 10.8 Å². The Morgan fingerprint density at radius 3 is 2.18 bits per heavy atom. The zero-order valence-corrected chi connectivity index (χ0v) is 16.8. The molecule has 0 spiro atoms. The molecule has 2 aromatic carbocycles. The normalized spacial score (nSPS) is 12.6.